The highest BCUT2D eigenvalue weighted by atomic mass is 35.5. The van der Waals surface area contributed by atoms with E-state index in [1.165, 1.54) is 24.1 Å². The van der Waals surface area contributed by atoms with Gasteiger partial charge in [0.05, 0.1) is 18.3 Å². The molecular weight excluding hydrogens is 571 g/mol. The lowest BCUT2D eigenvalue weighted by atomic mass is 10.1. The molecule has 11 nitrogen and oxygen atoms in total. The number of hydrogen-bond acceptors (Lipinski definition) is 7. The topological polar surface area (TPSA) is 139 Å². The van der Waals surface area contributed by atoms with E-state index in [0.29, 0.717) is 10.6 Å². The van der Waals surface area contributed by atoms with Gasteiger partial charge in [-0.25, -0.2) is 8.42 Å². The van der Waals surface area contributed by atoms with Gasteiger partial charge in [0.2, 0.25) is 21.8 Å². The van der Waals surface area contributed by atoms with Crippen LogP contribution in [0.2, 0.25) is 10.0 Å². The van der Waals surface area contributed by atoms with E-state index in [1.54, 1.807) is 19.1 Å². The van der Waals surface area contributed by atoms with E-state index in [9.17, 15) is 28.1 Å². The fraction of sp³-hybridized carbons (Fsp3) is 0.440. The van der Waals surface area contributed by atoms with E-state index < -0.39 is 33.4 Å². The van der Waals surface area contributed by atoms with E-state index in [0.717, 1.165) is 48.4 Å². The zero-order valence-electron chi connectivity index (χ0n) is 21.7. The minimum absolute atomic E-state index is 0.00216. The molecule has 2 amide bonds. The van der Waals surface area contributed by atoms with Crippen molar-refractivity contribution in [3.05, 3.63) is 62.1 Å². The molecule has 2 aromatic carbocycles. The quantitative estimate of drug-likeness (QED) is 0.302. The van der Waals surface area contributed by atoms with Crippen LogP contribution in [0.25, 0.3) is 0 Å². The maximum absolute atomic E-state index is 13.8. The standard InChI is InChI=1S/C25H30Cl2N4O7S/c1-16(25(33)28-19-6-4-5-7-19)29(14-17-8-9-18(26)12-21(17)27)24(32)15-30(39(3,36)37)22-13-20(31(34)35)10-11-23(22)38-2/h8-13,16,19H,4-7,14-15H2,1-3H3,(H,28,33)/t16-/m1/s1. The lowest BCUT2D eigenvalue weighted by molar-refractivity contribution is -0.384. The Bertz CT molecular complexity index is 1350. The van der Waals surface area contributed by atoms with Crippen molar-refractivity contribution in [2.24, 2.45) is 0 Å². The van der Waals surface area contributed by atoms with Gasteiger partial charge in [0, 0.05) is 34.8 Å². The van der Waals surface area contributed by atoms with Crippen molar-refractivity contribution in [3.8, 4) is 5.75 Å². The third kappa shape index (κ3) is 7.74. The Balaban J connectivity index is 1.99. The number of hydrogen-bond donors (Lipinski definition) is 1. The Morgan fingerprint density at radius 2 is 1.85 bits per heavy atom. The Morgan fingerprint density at radius 1 is 1.18 bits per heavy atom. The third-order valence-electron chi connectivity index (χ3n) is 6.55. The number of rotatable bonds is 11. The van der Waals surface area contributed by atoms with Crippen molar-refractivity contribution in [2.75, 3.05) is 24.2 Å². The number of carbonyl (C=O) groups excluding carboxylic acids is 2. The molecule has 0 bridgehead atoms. The lowest BCUT2D eigenvalue weighted by Crippen LogP contribution is -2.52. The second kappa shape index (κ2) is 12.8. The number of anilines is 1. The lowest BCUT2D eigenvalue weighted by Gasteiger charge is -2.32. The van der Waals surface area contributed by atoms with Gasteiger partial charge < -0.3 is 15.0 Å². The molecule has 0 aromatic heterocycles. The molecule has 0 spiro atoms. The number of non-ortho nitro benzene ring substituents is 1. The van der Waals surface area contributed by atoms with Gasteiger partial charge in [-0.05, 0) is 43.5 Å². The van der Waals surface area contributed by atoms with Gasteiger partial charge in [0.25, 0.3) is 5.69 Å². The first-order chi connectivity index (χ1) is 18.3. The highest BCUT2D eigenvalue weighted by molar-refractivity contribution is 7.92. The summed E-state index contributed by atoms with van der Waals surface area (Å²) >= 11 is 12.4. The van der Waals surface area contributed by atoms with Gasteiger partial charge in [0.15, 0.2) is 0 Å². The summed E-state index contributed by atoms with van der Waals surface area (Å²) in [6.07, 6.45) is 4.54. The average molecular weight is 602 g/mol. The Hall–Kier alpha value is -3.09. The molecule has 2 aromatic rings. The van der Waals surface area contributed by atoms with Gasteiger partial charge in [-0.2, -0.15) is 0 Å². The minimum Gasteiger partial charge on any atom is -0.495 e. The largest absolute Gasteiger partial charge is 0.495 e. The Kier molecular flexibility index (Phi) is 10.0. The van der Waals surface area contributed by atoms with Crippen LogP contribution in [0.1, 0.15) is 38.2 Å². The first-order valence-corrected chi connectivity index (χ1v) is 14.8. The summed E-state index contributed by atoms with van der Waals surface area (Å²) in [7, 11) is -2.86. The monoisotopic (exact) mass is 600 g/mol. The maximum atomic E-state index is 13.8. The number of nitro benzene ring substituents is 1. The highest BCUT2D eigenvalue weighted by Gasteiger charge is 2.33. The molecule has 0 aliphatic heterocycles. The smallest absolute Gasteiger partial charge is 0.271 e. The van der Waals surface area contributed by atoms with Crippen LogP contribution in [0.4, 0.5) is 11.4 Å². The van der Waals surface area contributed by atoms with Gasteiger partial charge in [-0.3, -0.25) is 24.0 Å². The number of ether oxygens (including phenoxy) is 1. The average Bonchev–Trinajstić information content (AvgIpc) is 3.38. The molecule has 0 saturated heterocycles. The van der Waals surface area contributed by atoms with Gasteiger partial charge in [-0.1, -0.05) is 42.1 Å². The number of halogens is 2. The third-order valence-corrected chi connectivity index (χ3v) is 8.26. The molecule has 1 fully saturated rings. The van der Waals surface area contributed by atoms with Crippen molar-refractivity contribution in [2.45, 2.75) is 51.2 Å². The normalized spacial score (nSPS) is 14.5. The molecule has 14 heteroatoms. The van der Waals surface area contributed by atoms with Crippen molar-refractivity contribution in [3.63, 3.8) is 0 Å². The first-order valence-electron chi connectivity index (χ1n) is 12.2. The SMILES string of the molecule is COc1ccc([N+](=O)[O-])cc1N(CC(=O)N(Cc1ccc(Cl)cc1Cl)[C@H](C)C(=O)NC1CCCC1)S(C)(=O)=O. The van der Waals surface area contributed by atoms with Crippen LogP contribution in [0.15, 0.2) is 36.4 Å². The van der Waals surface area contributed by atoms with E-state index in [4.69, 9.17) is 27.9 Å². The zero-order valence-corrected chi connectivity index (χ0v) is 24.1. The first kappa shape index (κ1) is 30.5. The number of benzene rings is 2. The number of nitro groups is 1. The van der Waals surface area contributed by atoms with Crippen LogP contribution < -0.4 is 14.4 Å². The minimum atomic E-state index is -4.13. The number of carbonyl (C=O) groups is 2. The number of methoxy groups -OCH3 is 1. The molecule has 212 valence electrons. The number of amides is 2. The van der Waals surface area contributed by atoms with E-state index >= 15 is 0 Å². The summed E-state index contributed by atoms with van der Waals surface area (Å²) in [4.78, 5) is 38.8. The molecule has 39 heavy (non-hydrogen) atoms. The Morgan fingerprint density at radius 3 is 2.41 bits per heavy atom. The van der Waals surface area contributed by atoms with Crippen LogP contribution in [0.5, 0.6) is 5.75 Å². The summed E-state index contributed by atoms with van der Waals surface area (Å²) in [5.41, 5.74) is -0.0788. The van der Waals surface area contributed by atoms with Gasteiger partial charge in [0.1, 0.15) is 24.0 Å². The van der Waals surface area contributed by atoms with E-state index in [1.807, 2.05) is 0 Å². The number of sulfonamides is 1. The summed E-state index contributed by atoms with van der Waals surface area (Å²) < 4.78 is 31.6. The van der Waals surface area contributed by atoms with Gasteiger partial charge in [-0.15, -0.1) is 0 Å². The Labute approximate surface area is 237 Å². The van der Waals surface area contributed by atoms with E-state index in [-0.39, 0.29) is 40.6 Å². The molecule has 1 N–H and O–H groups in total. The fourth-order valence-corrected chi connectivity index (χ4v) is 5.70. The molecular formula is C25H30Cl2N4O7S. The number of nitrogens with one attached hydrogen (secondary N) is 1. The molecule has 0 heterocycles. The van der Waals surface area contributed by atoms with Crippen LogP contribution in [0, 0.1) is 10.1 Å². The van der Waals surface area contributed by atoms with Crippen LogP contribution in [-0.4, -0.2) is 62.0 Å². The fourth-order valence-electron chi connectivity index (χ4n) is 4.39. The number of nitrogens with zero attached hydrogens (tertiary/aromatic N) is 3. The summed E-state index contributed by atoms with van der Waals surface area (Å²) in [5, 5.41) is 15.0. The predicted octanol–water partition coefficient (Wildman–Crippen LogP) is 4.15. The molecule has 3 rings (SSSR count). The van der Waals surface area contributed by atoms with Gasteiger partial charge >= 0.3 is 0 Å². The molecule has 1 saturated carbocycles. The van der Waals surface area contributed by atoms with Crippen molar-refractivity contribution in [1.29, 1.82) is 0 Å². The van der Waals surface area contributed by atoms with Crippen LogP contribution in [0.3, 0.4) is 0 Å². The van der Waals surface area contributed by atoms with Crippen molar-refractivity contribution in [1.82, 2.24) is 10.2 Å². The second-order valence-corrected chi connectivity index (χ2v) is 12.1. The molecule has 0 unspecified atom stereocenters. The van der Waals surface area contributed by atoms with Crippen LogP contribution >= 0.6 is 23.2 Å². The molecule has 1 aliphatic rings. The van der Waals surface area contributed by atoms with Crippen LogP contribution in [-0.2, 0) is 26.2 Å². The van der Waals surface area contributed by atoms with Crippen molar-refractivity contribution < 1.29 is 27.7 Å². The van der Waals surface area contributed by atoms with Crippen molar-refractivity contribution >= 4 is 56.4 Å². The van der Waals surface area contributed by atoms with E-state index in [2.05, 4.69) is 5.32 Å². The molecule has 1 atom stereocenters. The highest BCUT2D eigenvalue weighted by Crippen LogP contribution is 2.34. The molecule has 0 radical (unpaired) electrons. The maximum Gasteiger partial charge on any atom is 0.271 e. The zero-order chi connectivity index (χ0) is 28.9. The second-order valence-electron chi connectivity index (χ2n) is 9.31. The summed E-state index contributed by atoms with van der Waals surface area (Å²) in [6.45, 7) is 0.686. The summed E-state index contributed by atoms with van der Waals surface area (Å²) in [6, 6.07) is 7.14. The predicted molar refractivity (Wildman–Crippen MR) is 149 cm³/mol. The molecule has 1 aliphatic carbocycles. The summed E-state index contributed by atoms with van der Waals surface area (Å²) in [5.74, 6) is -1.11.